The highest BCUT2D eigenvalue weighted by molar-refractivity contribution is 6.30. The number of hydrogen-bond donors (Lipinski definition) is 1. The quantitative estimate of drug-likeness (QED) is 0.918. The molecule has 0 amide bonds. The van der Waals surface area contributed by atoms with Gasteiger partial charge in [-0.15, -0.1) is 0 Å². The van der Waals surface area contributed by atoms with Crippen LogP contribution in [0.15, 0.2) is 40.4 Å². The summed E-state index contributed by atoms with van der Waals surface area (Å²) in [7, 11) is 0. The Morgan fingerprint density at radius 2 is 1.91 bits per heavy atom. The zero-order chi connectivity index (χ0) is 16.7. The van der Waals surface area contributed by atoms with Crippen molar-refractivity contribution in [3.8, 4) is 5.88 Å². The first-order valence-corrected chi connectivity index (χ1v) is 7.52. The van der Waals surface area contributed by atoms with E-state index in [1.807, 2.05) is 0 Å². The Balaban J connectivity index is 2.31. The van der Waals surface area contributed by atoms with E-state index in [2.05, 4.69) is 9.97 Å². The van der Waals surface area contributed by atoms with Crippen LogP contribution in [0.2, 0.25) is 5.02 Å². The molecule has 1 N–H and O–H groups in total. The molecule has 0 aliphatic carbocycles. The van der Waals surface area contributed by atoms with Gasteiger partial charge in [0.1, 0.15) is 11.6 Å². The molecule has 0 fully saturated rings. The molecule has 0 bridgehead atoms. The summed E-state index contributed by atoms with van der Waals surface area (Å²) in [4.78, 5) is 31.6. The third-order valence-electron chi connectivity index (χ3n) is 3.83. The smallest absolute Gasteiger partial charge is 0.258 e. The summed E-state index contributed by atoms with van der Waals surface area (Å²) in [6, 6.07) is 7.07. The van der Waals surface area contributed by atoms with Crippen molar-refractivity contribution in [1.29, 1.82) is 0 Å². The van der Waals surface area contributed by atoms with Gasteiger partial charge in [0, 0.05) is 10.6 Å². The van der Waals surface area contributed by atoms with Crippen molar-refractivity contribution >= 4 is 17.4 Å². The minimum absolute atomic E-state index is 0.145. The van der Waals surface area contributed by atoms with Crippen molar-refractivity contribution in [2.24, 2.45) is 0 Å². The van der Waals surface area contributed by atoms with Gasteiger partial charge >= 0.3 is 0 Å². The number of nitrogens with one attached hydrogen (secondary N) is 1. The molecule has 1 atom stereocenters. The van der Waals surface area contributed by atoms with E-state index in [1.54, 1.807) is 38.1 Å². The van der Waals surface area contributed by atoms with E-state index < -0.39 is 5.92 Å². The fraction of sp³-hybridized carbons (Fsp3) is 0.235. The highest BCUT2D eigenvalue weighted by Crippen LogP contribution is 2.40. The van der Waals surface area contributed by atoms with E-state index in [-0.39, 0.29) is 17.2 Å². The summed E-state index contributed by atoms with van der Waals surface area (Å²) in [5.41, 5.74) is 1.28. The van der Waals surface area contributed by atoms with Crippen molar-refractivity contribution in [3.63, 3.8) is 0 Å². The number of halogens is 1. The number of carbonyl (C=O) groups is 1. The second kappa shape index (κ2) is 5.66. The minimum Gasteiger partial charge on any atom is -0.443 e. The van der Waals surface area contributed by atoms with Gasteiger partial charge in [-0.3, -0.25) is 9.59 Å². The maximum absolute atomic E-state index is 12.5. The first-order chi connectivity index (χ1) is 10.9. The molecule has 0 radical (unpaired) electrons. The van der Waals surface area contributed by atoms with Crippen LogP contribution in [0.5, 0.6) is 5.88 Å². The Hall–Kier alpha value is -2.40. The molecule has 5 nitrogen and oxygen atoms in total. The standard InChI is InChI=1S/C17H15ClN2O3/c1-8(21)13-9(2)23-17-15(16(22)19-10(3)20-17)14(13)11-4-6-12(18)7-5-11/h4-7,14H,1-3H3,(H,19,20,22)/t14-/m1/s1. The fourth-order valence-electron chi connectivity index (χ4n) is 2.89. The molecule has 0 saturated carbocycles. The highest BCUT2D eigenvalue weighted by Gasteiger charge is 2.35. The lowest BCUT2D eigenvalue weighted by Crippen LogP contribution is -2.28. The van der Waals surface area contributed by atoms with Crippen LogP contribution in [-0.4, -0.2) is 15.8 Å². The van der Waals surface area contributed by atoms with Crippen LogP contribution >= 0.6 is 11.6 Å². The number of carbonyl (C=O) groups excluding carboxylic acids is 1. The van der Waals surface area contributed by atoms with Gasteiger partial charge < -0.3 is 9.72 Å². The molecule has 2 heterocycles. The Morgan fingerprint density at radius 1 is 1.26 bits per heavy atom. The second-order valence-electron chi connectivity index (χ2n) is 5.48. The van der Waals surface area contributed by atoms with Crippen LogP contribution in [0.25, 0.3) is 0 Å². The number of hydrogen-bond acceptors (Lipinski definition) is 4. The maximum atomic E-state index is 12.5. The molecule has 1 aliphatic rings. The second-order valence-corrected chi connectivity index (χ2v) is 5.92. The Morgan fingerprint density at radius 3 is 2.52 bits per heavy atom. The number of allylic oxidation sites excluding steroid dienone is 2. The van der Waals surface area contributed by atoms with Gasteiger partial charge in [-0.05, 0) is 38.5 Å². The average Bonchev–Trinajstić information content (AvgIpc) is 2.45. The Labute approximate surface area is 138 Å². The van der Waals surface area contributed by atoms with Gasteiger partial charge in [-0.2, -0.15) is 4.98 Å². The van der Waals surface area contributed by atoms with Crippen LogP contribution in [0.4, 0.5) is 0 Å². The number of aromatic nitrogens is 2. The third-order valence-corrected chi connectivity index (χ3v) is 4.08. The molecule has 0 unspecified atom stereocenters. The lowest BCUT2D eigenvalue weighted by atomic mass is 9.82. The molecule has 2 aromatic rings. The molecule has 1 aromatic heterocycles. The summed E-state index contributed by atoms with van der Waals surface area (Å²) in [6.07, 6.45) is 0. The molecule has 6 heteroatoms. The van der Waals surface area contributed by atoms with Crippen LogP contribution in [0.1, 0.15) is 36.7 Å². The Bertz CT molecular complexity index is 882. The SMILES string of the molecule is CC(=O)C1=C(C)Oc2nc(C)[nH]c(=O)c2[C@@H]1c1ccc(Cl)cc1. The van der Waals surface area contributed by atoms with Crippen LogP contribution < -0.4 is 10.3 Å². The summed E-state index contributed by atoms with van der Waals surface area (Å²) in [5, 5.41) is 0.585. The van der Waals surface area contributed by atoms with Crippen molar-refractivity contribution in [2.45, 2.75) is 26.7 Å². The van der Waals surface area contributed by atoms with E-state index in [9.17, 15) is 9.59 Å². The number of aromatic amines is 1. The van der Waals surface area contributed by atoms with Crippen molar-refractivity contribution < 1.29 is 9.53 Å². The van der Waals surface area contributed by atoms with Gasteiger partial charge in [0.2, 0.25) is 5.88 Å². The molecular formula is C17H15ClN2O3. The predicted octanol–water partition coefficient (Wildman–Crippen LogP) is 3.12. The Kier molecular flexibility index (Phi) is 3.82. The fourth-order valence-corrected chi connectivity index (χ4v) is 3.01. The third kappa shape index (κ3) is 2.68. The number of benzene rings is 1. The highest BCUT2D eigenvalue weighted by atomic mass is 35.5. The van der Waals surface area contributed by atoms with Gasteiger partial charge in [0.25, 0.3) is 5.56 Å². The molecule has 3 rings (SSSR count). The number of ether oxygens (including phenoxy) is 1. The number of aryl methyl sites for hydroxylation is 1. The maximum Gasteiger partial charge on any atom is 0.258 e. The van der Waals surface area contributed by atoms with Crippen molar-refractivity contribution in [1.82, 2.24) is 9.97 Å². The zero-order valence-electron chi connectivity index (χ0n) is 12.9. The number of ketones is 1. The van der Waals surface area contributed by atoms with Crippen LogP contribution in [0, 0.1) is 6.92 Å². The first-order valence-electron chi connectivity index (χ1n) is 7.14. The molecule has 1 aliphatic heterocycles. The van der Waals surface area contributed by atoms with E-state index in [4.69, 9.17) is 16.3 Å². The topological polar surface area (TPSA) is 72.0 Å². The lowest BCUT2D eigenvalue weighted by molar-refractivity contribution is -0.114. The normalized spacial score (nSPS) is 16.8. The first kappa shape index (κ1) is 15.5. The molecule has 118 valence electrons. The molecule has 0 saturated heterocycles. The van der Waals surface area contributed by atoms with Gasteiger partial charge in [-0.1, -0.05) is 23.7 Å². The van der Waals surface area contributed by atoms with Crippen molar-refractivity contribution in [3.05, 3.63) is 67.9 Å². The van der Waals surface area contributed by atoms with Crippen LogP contribution in [0.3, 0.4) is 0 Å². The number of rotatable bonds is 2. The summed E-state index contributed by atoms with van der Waals surface area (Å²) < 4.78 is 5.64. The van der Waals surface area contributed by atoms with Gasteiger partial charge in [0.05, 0.1) is 11.5 Å². The largest absolute Gasteiger partial charge is 0.443 e. The van der Waals surface area contributed by atoms with E-state index >= 15 is 0 Å². The summed E-state index contributed by atoms with van der Waals surface area (Å²) in [5.74, 6) is 0.497. The number of H-pyrrole nitrogens is 1. The molecule has 1 aromatic carbocycles. The number of Topliss-reactive ketones (excluding diaryl/α,β-unsaturated/α-hetero) is 1. The monoisotopic (exact) mass is 330 g/mol. The van der Waals surface area contributed by atoms with Crippen molar-refractivity contribution in [2.75, 3.05) is 0 Å². The van der Waals surface area contributed by atoms with E-state index in [0.717, 1.165) is 5.56 Å². The minimum atomic E-state index is -0.523. The summed E-state index contributed by atoms with van der Waals surface area (Å²) >= 11 is 5.95. The van der Waals surface area contributed by atoms with E-state index in [0.29, 0.717) is 27.7 Å². The van der Waals surface area contributed by atoms with Crippen LogP contribution in [-0.2, 0) is 4.79 Å². The van der Waals surface area contributed by atoms with Gasteiger partial charge in [0.15, 0.2) is 5.78 Å². The molecular weight excluding hydrogens is 316 g/mol. The lowest BCUT2D eigenvalue weighted by Gasteiger charge is -2.27. The summed E-state index contributed by atoms with van der Waals surface area (Å²) in [6.45, 7) is 4.86. The van der Waals surface area contributed by atoms with E-state index in [1.165, 1.54) is 6.92 Å². The van der Waals surface area contributed by atoms with Gasteiger partial charge in [-0.25, -0.2) is 0 Å². The number of nitrogens with zero attached hydrogens (tertiary/aromatic N) is 1. The average molecular weight is 331 g/mol. The molecule has 0 spiro atoms. The number of fused-ring (bicyclic) bond motifs is 1. The predicted molar refractivity (Wildman–Crippen MR) is 86.9 cm³/mol. The zero-order valence-corrected chi connectivity index (χ0v) is 13.7. The molecule has 23 heavy (non-hydrogen) atoms.